The van der Waals surface area contributed by atoms with Gasteiger partial charge in [0.25, 0.3) is 0 Å². The van der Waals surface area contributed by atoms with Crippen LogP contribution in [0.1, 0.15) is 33.1 Å². The second-order valence-electron chi connectivity index (χ2n) is 4.24. The van der Waals surface area contributed by atoms with Crippen molar-refractivity contribution in [2.45, 2.75) is 39.2 Å². The van der Waals surface area contributed by atoms with Crippen LogP contribution in [0.15, 0.2) is 0 Å². The lowest BCUT2D eigenvalue weighted by Gasteiger charge is -2.33. The second kappa shape index (κ2) is 5.35. The normalized spacial score (nSPS) is 20.5. The number of carbonyl (C=O) groups excluding carboxylic acids is 1. The first kappa shape index (κ1) is 11.5. The van der Waals surface area contributed by atoms with Crippen LogP contribution in [0.5, 0.6) is 0 Å². The summed E-state index contributed by atoms with van der Waals surface area (Å²) in [6.07, 6.45) is 3.13. The van der Waals surface area contributed by atoms with Gasteiger partial charge in [0.05, 0.1) is 0 Å². The van der Waals surface area contributed by atoms with Gasteiger partial charge in [-0.1, -0.05) is 13.8 Å². The Labute approximate surface area is 86.9 Å². The fourth-order valence-electron chi connectivity index (χ4n) is 1.90. The van der Waals surface area contributed by atoms with Crippen LogP contribution in [0.3, 0.4) is 0 Å². The Kier molecular flexibility index (Phi) is 4.39. The van der Waals surface area contributed by atoms with E-state index < -0.39 is 0 Å². The predicted molar refractivity (Wildman–Crippen MR) is 58.1 cm³/mol. The number of nitrogens with zero attached hydrogens (tertiary/aromatic N) is 1. The van der Waals surface area contributed by atoms with Gasteiger partial charge in [-0.2, -0.15) is 0 Å². The van der Waals surface area contributed by atoms with Gasteiger partial charge in [0, 0.05) is 19.0 Å². The summed E-state index contributed by atoms with van der Waals surface area (Å²) in [5.74, 6) is 0.481. The van der Waals surface area contributed by atoms with Crippen molar-refractivity contribution in [1.82, 2.24) is 10.2 Å². The highest BCUT2D eigenvalue weighted by molar-refractivity contribution is 5.78. The molecule has 0 bridgehead atoms. The minimum absolute atomic E-state index is 0.176. The van der Waals surface area contributed by atoms with E-state index in [0.717, 1.165) is 32.4 Å². The van der Waals surface area contributed by atoms with Gasteiger partial charge in [-0.25, -0.2) is 0 Å². The maximum Gasteiger partial charge on any atom is 0.225 e. The Hall–Kier alpha value is -0.570. The number of hydrogen-bond acceptors (Lipinski definition) is 2. The number of piperidine rings is 1. The third-order valence-electron chi connectivity index (χ3n) is 3.24. The van der Waals surface area contributed by atoms with Crippen molar-refractivity contribution in [2.24, 2.45) is 5.92 Å². The molecule has 3 heteroatoms. The van der Waals surface area contributed by atoms with E-state index in [1.54, 1.807) is 0 Å². The molecule has 14 heavy (non-hydrogen) atoms. The van der Waals surface area contributed by atoms with Crippen molar-refractivity contribution in [3.63, 3.8) is 0 Å². The highest BCUT2D eigenvalue weighted by Crippen LogP contribution is 2.14. The first-order chi connectivity index (χ1) is 6.66. The number of rotatable bonds is 3. The van der Waals surface area contributed by atoms with E-state index in [1.165, 1.54) is 0 Å². The van der Waals surface area contributed by atoms with Crippen LogP contribution < -0.4 is 5.32 Å². The summed E-state index contributed by atoms with van der Waals surface area (Å²) in [6, 6.07) is 0.456. The van der Waals surface area contributed by atoms with E-state index in [9.17, 15) is 4.79 Å². The number of carbonyl (C=O) groups is 1. The molecular formula is C11H22N2O. The van der Waals surface area contributed by atoms with Gasteiger partial charge in [0.2, 0.25) is 5.91 Å². The van der Waals surface area contributed by atoms with Gasteiger partial charge < -0.3 is 10.2 Å². The molecule has 0 aromatic heterocycles. The molecule has 1 fully saturated rings. The third kappa shape index (κ3) is 2.71. The van der Waals surface area contributed by atoms with Crippen LogP contribution in [-0.2, 0) is 4.79 Å². The summed E-state index contributed by atoms with van der Waals surface area (Å²) >= 11 is 0. The smallest absolute Gasteiger partial charge is 0.225 e. The van der Waals surface area contributed by atoms with Crippen LogP contribution in [0.25, 0.3) is 0 Å². The quantitative estimate of drug-likeness (QED) is 0.740. The Bertz CT molecular complexity index is 188. The molecule has 1 rings (SSSR count). The average Bonchev–Trinajstić information content (AvgIpc) is 2.27. The maximum atomic E-state index is 11.9. The first-order valence-corrected chi connectivity index (χ1v) is 5.64. The van der Waals surface area contributed by atoms with Gasteiger partial charge in [-0.3, -0.25) is 4.79 Å². The van der Waals surface area contributed by atoms with Crippen LogP contribution in [-0.4, -0.2) is 37.0 Å². The second-order valence-corrected chi connectivity index (χ2v) is 4.24. The largest absolute Gasteiger partial charge is 0.342 e. The van der Waals surface area contributed by atoms with Crippen LogP contribution in [0, 0.1) is 5.92 Å². The number of nitrogens with one attached hydrogen (secondary N) is 1. The molecule has 1 aliphatic rings. The Morgan fingerprint density at radius 3 is 2.57 bits per heavy atom. The highest BCUT2D eigenvalue weighted by atomic mass is 16.2. The summed E-state index contributed by atoms with van der Waals surface area (Å²) in [4.78, 5) is 13.8. The molecule has 1 atom stereocenters. The minimum Gasteiger partial charge on any atom is -0.342 e. The molecule has 3 nitrogen and oxygen atoms in total. The molecule has 0 radical (unpaired) electrons. The van der Waals surface area contributed by atoms with Gasteiger partial charge >= 0.3 is 0 Å². The lowest BCUT2D eigenvalue weighted by atomic mass is 10.0. The molecule has 1 heterocycles. The van der Waals surface area contributed by atoms with Gasteiger partial charge in [-0.15, -0.1) is 0 Å². The van der Waals surface area contributed by atoms with Gasteiger partial charge in [0.15, 0.2) is 0 Å². The molecule has 0 spiro atoms. The molecule has 1 amide bonds. The standard InChI is InChI=1S/C11H22N2O/c1-4-9(2)11(14)13(3)10-5-7-12-8-6-10/h9-10,12H,4-8H2,1-3H3. The molecule has 0 aromatic rings. The fraction of sp³-hybridized carbons (Fsp3) is 0.909. The lowest BCUT2D eigenvalue weighted by molar-refractivity contribution is -0.136. The van der Waals surface area contributed by atoms with Crippen molar-refractivity contribution in [2.75, 3.05) is 20.1 Å². The minimum atomic E-state index is 0.176. The molecule has 0 aliphatic carbocycles. The molecular weight excluding hydrogens is 176 g/mol. The zero-order chi connectivity index (χ0) is 10.6. The van der Waals surface area contributed by atoms with Gasteiger partial charge in [-0.05, 0) is 32.4 Å². The SMILES string of the molecule is CCC(C)C(=O)N(C)C1CCNCC1. The average molecular weight is 198 g/mol. The zero-order valence-corrected chi connectivity index (χ0v) is 9.55. The van der Waals surface area contributed by atoms with E-state index in [-0.39, 0.29) is 5.92 Å². The molecule has 1 saturated heterocycles. The van der Waals surface area contributed by atoms with E-state index in [2.05, 4.69) is 12.2 Å². The lowest BCUT2D eigenvalue weighted by Crippen LogP contribution is -2.45. The van der Waals surface area contributed by atoms with Crippen LogP contribution in [0.2, 0.25) is 0 Å². The summed E-state index contributed by atoms with van der Waals surface area (Å²) < 4.78 is 0. The highest BCUT2D eigenvalue weighted by Gasteiger charge is 2.24. The fourth-order valence-corrected chi connectivity index (χ4v) is 1.90. The molecule has 1 unspecified atom stereocenters. The van der Waals surface area contributed by atoms with Crippen LogP contribution >= 0.6 is 0 Å². The monoisotopic (exact) mass is 198 g/mol. The number of amides is 1. The Morgan fingerprint density at radius 2 is 2.07 bits per heavy atom. The zero-order valence-electron chi connectivity index (χ0n) is 9.55. The van der Waals surface area contributed by atoms with E-state index in [4.69, 9.17) is 0 Å². The topological polar surface area (TPSA) is 32.3 Å². The summed E-state index contributed by atoms with van der Waals surface area (Å²) in [5, 5.41) is 3.31. The van der Waals surface area contributed by atoms with E-state index in [0.29, 0.717) is 11.9 Å². The van der Waals surface area contributed by atoms with Crippen molar-refractivity contribution < 1.29 is 4.79 Å². The molecule has 82 valence electrons. The summed E-state index contributed by atoms with van der Waals surface area (Å²) in [7, 11) is 1.95. The first-order valence-electron chi connectivity index (χ1n) is 5.64. The van der Waals surface area contributed by atoms with Crippen molar-refractivity contribution in [1.29, 1.82) is 0 Å². The van der Waals surface area contributed by atoms with Crippen molar-refractivity contribution in [3.8, 4) is 0 Å². The maximum absolute atomic E-state index is 11.9. The van der Waals surface area contributed by atoms with E-state index in [1.807, 2.05) is 18.9 Å². The Morgan fingerprint density at radius 1 is 1.50 bits per heavy atom. The van der Waals surface area contributed by atoms with Crippen LogP contribution in [0.4, 0.5) is 0 Å². The molecule has 0 aromatic carbocycles. The third-order valence-corrected chi connectivity index (χ3v) is 3.24. The van der Waals surface area contributed by atoms with Crippen molar-refractivity contribution in [3.05, 3.63) is 0 Å². The van der Waals surface area contributed by atoms with E-state index >= 15 is 0 Å². The Balaban J connectivity index is 2.45. The predicted octanol–water partition coefficient (Wildman–Crippen LogP) is 1.24. The molecule has 1 aliphatic heterocycles. The molecule has 0 saturated carbocycles. The van der Waals surface area contributed by atoms with Crippen molar-refractivity contribution >= 4 is 5.91 Å². The molecule has 1 N–H and O–H groups in total. The summed E-state index contributed by atoms with van der Waals surface area (Å²) in [6.45, 7) is 6.17. The number of hydrogen-bond donors (Lipinski definition) is 1. The van der Waals surface area contributed by atoms with Gasteiger partial charge in [0.1, 0.15) is 0 Å². The summed E-state index contributed by atoms with van der Waals surface area (Å²) in [5.41, 5.74) is 0.